The Morgan fingerprint density at radius 1 is 1.21 bits per heavy atom. The Kier molecular flexibility index (Phi) is 1.72. The molecule has 1 aromatic heterocycles. The molecule has 0 radical (unpaired) electrons. The van der Waals surface area contributed by atoms with Gasteiger partial charge in [-0.05, 0) is 38.7 Å². The minimum atomic E-state index is 0.642. The molecule has 0 bridgehead atoms. The first-order valence-corrected chi connectivity index (χ1v) is 5.43. The van der Waals surface area contributed by atoms with Gasteiger partial charge >= 0.3 is 0 Å². The second-order valence-electron chi connectivity index (χ2n) is 4.45. The van der Waals surface area contributed by atoms with E-state index >= 15 is 0 Å². The third kappa shape index (κ3) is 1.72. The maximum Gasteiger partial charge on any atom is 0.223 e. The summed E-state index contributed by atoms with van der Waals surface area (Å²) in [5.74, 6) is 1.56. The van der Waals surface area contributed by atoms with Gasteiger partial charge in [-0.2, -0.15) is 0 Å². The molecule has 0 spiro atoms. The third-order valence-corrected chi connectivity index (χ3v) is 2.78. The van der Waals surface area contributed by atoms with Gasteiger partial charge in [-0.25, -0.2) is 9.97 Å². The Bertz CT molecular complexity index is 354. The number of hydrogen-bond donors (Lipinski definition) is 1. The van der Waals surface area contributed by atoms with E-state index in [4.69, 9.17) is 0 Å². The van der Waals surface area contributed by atoms with Crippen LogP contribution in [0.5, 0.6) is 0 Å². The van der Waals surface area contributed by atoms with Crippen LogP contribution < -0.4 is 5.32 Å². The molecular weight excluding hydrogens is 174 g/mol. The molecule has 0 saturated heterocycles. The second kappa shape index (κ2) is 2.94. The molecule has 0 aromatic carbocycles. The zero-order valence-electron chi connectivity index (χ0n) is 8.45. The lowest BCUT2D eigenvalue weighted by Crippen LogP contribution is -2.07. The molecule has 0 amide bonds. The number of nitrogens with one attached hydrogen (secondary N) is 1. The Morgan fingerprint density at radius 3 is 2.64 bits per heavy atom. The van der Waals surface area contributed by atoms with E-state index in [-0.39, 0.29) is 0 Å². The highest BCUT2D eigenvalue weighted by molar-refractivity contribution is 5.33. The normalized spacial score (nSPS) is 20.9. The Hall–Kier alpha value is -1.12. The SMILES string of the molecule is Cc1cc(C2CC2)nc(NC2CC2)n1. The number of hydrogen-bond acceptors (Lipinski definition) is 3. The number of anilines is 1. The molecule has 0 unspecified atom stereocenters. The molecule has 74 valence electrons. The minimum Gasteiger partial charge on any atom is -0.351 e. The average Bonchev–Trinajstić information content (AvgIpc) is 2.99. The third-order valence-electron chi connectivity index (χ3n) is 2.78. The van der Waals surface area contributed by atoms with Gasteiger partial charge in [-0.1, -0.05) is 0 Å². The summed E-state index contributed by atoms with van der Waals surface area (Å²) < 4.78 is 0. The molecule has 1 N–H and O–H groups in total. The van der Waals surface area contributed by atoms with Crippen LogP contribution in [-0.4, -0.2) is 16.0 Å². The van der Waals surface area contributed by atoms with Crippen molar-refractivity contribution in [1.82, 2.24) is 9.97 Å². The fourth-order valence-electron chi connectivity index (χ4n) is 1.66. The van der Waals surface area contributed by atoms with Crippen molar-refractivity contribution in [1.29, 1.82) is 0 Å². The van der Waals surface area contributed by atoms with E-state index in [9.17, 15) is 0 Å². The minimum absolute atomic E-state index is 0.642. The lowest BCUT2D eigenvalue weighted by Gasteiger charge is -2.06. The van der Waals surface area contributed by atoms with E-state index in [1.165, 1.54) is 31.4 Å². The number of rotatable bonds is 3. The van der Waals surface area contributed by atoms with Gasteiger partial charge in [0, 0.05) is 23.3 Å². The molecule has 2 fully saturated rings. The average molecular weight is 189 g/mol. The maximum atomic E-state index is 4.55. The summed E-state index contributed by atoms with van der Waals surface area (Å²) in [6.07, 6.45) is 5.16. The lowest BCUT2D eigenvalue weighted by atomic mass is 10.2. The van der Waals surface area contributed by atoms with Crippen LogP contribution >= 0.6 is 0 Å². The highest BCUT2D eigenvalue weighted by atomic mass is 15.1. The summed E-state index contributed by atoms with van der Waals surface area (Å²) in [7, 11) is 0. The number of nitrogens with zero attached hydrogens (tertiary/aromatic N) is 2. The van der Waals surface area contributed by atoms with E-state index < -0.39 is 0 Å². The first kappa shape index (κ1) is 8.21. The molecule has 3 rings (SSSR count). The maximum absolute atomic E-state index is 4.55. The molecule has 3 heteroatoms. The van der Waals surface area contributed by atoms with Crippen molar-refractivity contribution in [2.45, 2.75) is 44.6 Å². The molecule has 3 nitrogen and oxygen atoms in total. The topological polar surface area (TPSA) is 37.8 Å². The van der Waals surface area contributed by atoms with Crippen LogP contribution in [0.4, 0.5) is 5.95 Å². The van der Waals surface area contributed by atoms with Gasteiger partial charge in [0.25, 0.3) is 0 Å². The molecular formula is C11H15N3. The van der Waals surface area contributed by atoms with Crippen LogP contribution in [0.15, 0.2) is 6.07 Å². The smallest absolute Gasteiger partial charge is 0.223 e. The van der Waals surface area contributed by atoms with Crippen LogP contribution in [0, 0.1) is 6.92 Å². The summed E-state index contributed by atoms with van der Waals surface area (Å²) >= 11 is 0. The van der Waals surface area contributed by atoms with Gasteiger partial charge in [0.05, 0.1) is 0 Å². The lowest BCUT2D eigenvalue weighted by molar-refractivity contribution is 0.947. The van der Waals surface area contributed by atoms with Crippen LogP contribution in [-0.2, 0) is 0 Å². The molecule has 1 heterocycles. The summed E-state index contributed by atoms with van der Waals surface area (Å²) in [5.41, 5.74) is 2.32. The van der Waals surface area contributed by atoms with Crippen molar-refractivity contribution in [3.05, 3.63) is 17.5 Å². The van der Waals surface area contributed by atoms with Crippen molar-refractivity contribution in [2.24, 2.45) is 0 Å². The van der Waals surface area contributed by atoms with Gasteiger partial charge in [-0.15, -0.1) is 0 Å². The largest absolute Gasteiger partial charge is 0.351 e. The van der Waals surface area contributed by atoms with E-state index in [0.29, 0.717) is 6.04 Å². The fraction of sp³-hybridized carbons (Fsp3) is 0.636. The van der Waals surface area contributed by atoms with Crippen molar-refractivity contribution in [2.75, 3.05) is 5.32 Å². The van der Waals surface area contributed by atoms with Crippen LogP contribution in [0.2, 0.25) is 0 Å². The van der Waals surface area contributed by atoms with Crippen molar-refractivity contribution < 1.29 is 0 Å². The van der Waals surface area contributed by atoms with Crippen LogP contribution in [0.1, 0.15) is 43.0 Å². The van der Waals surface area contributed by atoms with E-state index in [2.05, 4.69) is 21.4 Å². The summed E-state index contributed by atoms with van der Waals surface area (Å²) in [6, 6.07) is 2.76. The Morgan fingerprint density at radius 2 is 2.00 bits per heavy atom. The molecule has 14 heavy (non-hydrogen) atoms. The van der Waals surface area contributed by atoms with Gasteiger partial charge in [0.1, 0.15) is 0 Å². The monoisotopic (exact) mass is 189 g/mol. The van der Waals surface area contributed by atoms with E-state index in [1.807, 2.05) is 6.92 Å². The van der Waals surface area contributed by atoms with Gasteiger partial charge in [0.2, 0.25) is 5.95 Å². The highest BCUT2D eigenvalue weighted by Gasteiger charge is 2.27. The number of aromatic nitrogens is 2. The quantitative estimate of drug-likeness (QED) is 0.792. The molecule has 2 aliphatic rings. The van der Waals surface area contributed by atoms with Crippen molar-refractivity contribution in [3.63, 3.8) is 0 Å². The summed E-state index contributed by atoms with van der Waals surface area (Å²) in [5, 5.41) is 3.36. The first-order valence-electron chi connectivity index (χ1n) is 5.43. The van der Waals surface area contributed by atoms with Crippen molar-refractivity contribution >= 4 is 5.95 Å². The van der Waals surface area contributed by atoms with Gasteiger partial charge in [-0.3, -0.25) is 0 Å². The zero-order chi connectivity index (χ0) is 9.54. The molecule has 0 atom stereocenters. The molecule has 2 aliphatic carbocycles. The predicted octanol–water partition coefficient (Wildman–Crippen LogP) is 2.24. The predicted molar refractivity (Wildman–Crippen MR) is 55.4 cm³/mol. The van der Waals surface area contributed by atoms with Gasteiger partial charge < -0.3 is 5.32 Å². The standard InChI is InChI=1S/C11H15N3/c1-7-6-10(8-2-3-8)14-11(12-7)13-9-4-5-9/h6,8-9H,2-5H2,1H3,(H,12,13,14). The molecule has 0 aliphatic heterocycles. The van der Waals surface area contributed by atoms with Gasteiger partial charge in [0.15, 0.2) is 0 Å². The Balaban J connectivity index is 1.85. The highest BCUT2D eigenvalue weighted by Crippen LogP contribution is 2.39. The Labute approximate surface area is 84.0 Å². The van der Waals surface area contributed by atoms with Crippen molar-refractivity contribution in [3.8, 4) is 0 Å². The summed E-state index contributed by atoms with van der Waals surface area (Å²) in [4.78, 5) is 8.96. The number of aryl methyl sites for hydroxylation is 1. The molecule has 1 aromatic rings. The van der Waals surface area contributed by atoms with E-state index in [1.54, 1.807) is 0 Å². The molecule has 2 saturated carbocycles. The summed E-state index contributed by atoms with van der Waals surface area (Å²) in [6.45, 7) is 2.05. The zero-order valence-corrected chi connectivity index (χ0v) is 8.45. The first-order chi connectivity index (χ1) is 6.81. The fourth-order valence-corrected chi connectivity index (χ4v) is 1.66. The van der Waals surface area contributed by atoms with E-state index in [0.717, 1.165) is 17.6 Å². The van der Waals surface area contributed by atoms with Crippen LogP contribution in [0.25, 0.3) is 0 Å². The van der Waals surface area contributed by atoms with Crippen LogP contribution in [0.3, 0.4) is 0 Å². The second-order valence-corrected chi connectivity index (χ2v) is 4.45.